The van der Waals surface area contributed by atoms with Crippen molar-refractivity contribution < 1.29 is 0 Å². The van der Waals surface area contributed by atoms with Gasteiger partial charge >= 0.3 is 0 Å². The van der Waals surface area contributed by atoms with Crippen LogP contribution in [0.1, 0.15) is 18.2 Å². The van der Waals surface area contributed by atoms with Crippen LogP contribution in [0.25, 0.3) is 0 Å². The van der Waals surface area contributed by atoms with Gasteiger partial charge in [-0.3, -0.25) is 0 Å². The summed E-state index contributed by atoms with van der Waals surface area (Å²) in [6.07, 6.45) is 3.02. The normalized spacial score (nSPS) is 12.6. The van der Waals surface area contributed by atoms with Gasteiger partial charge in [0.05, 0.1) is 0 Å². The zero-order chi connectivity index (χ0) is 12.3. The van der Waals surface area contributed by atoms with Gasteiger partial charge in [0.25, 0.3) is 0 Å². The molecule has 0 aliphatic heterocycles. The van der Waals surface area contributed by atoms with E-state index < -0.39 is 0 Å². The molecule has 1 unspecified atom stereocenters. The molecule has 1 atom stereocenters. The lowest BCUT2D eigenvalue weighted by Gasteiger charge is -2.12. The van der Waals surface area contributed by atoms with E-state index in [9.17, 15) is 0 Å². The zero-order valence-corrected chi connectivity index (χ0v) is 11.5. The molecular weight excluding hydrogens is 276 g/mol. The summed E-state index contributed by atoms with van der Waals surface area (Å²) in [6, 6.07) is 12.7. The largest absolute Gasteiger partial charge is 0.347 e. The molecule has 0 aliphatic carbocycles. The molecule has 2 nitrogen and oxygen atoms in total. The Hall–Kier alpha value is -1.06. The standard InChI is InChI=1S/C14H17BrN2/c1-11(16)9-13-6-4-8-17(13)10-12-5-2-3-7-14(12)15/h2-8,11H,9-10,16H2,1H3. The summed E-state index contributed by atoms with van der Waals surface area (Å²) in [7, 11) is 0. The van der Waals surface area contributed by atoms with Crippen LogP contribution in [0.5, 0.6) is 0 Å². The minimum absolute atomic E-state index is 0.197. The van der Waals surface area contributed by atoms with Crippen LogP contribution in [0.4, 0.5) is 0 Å². The average Bonchev–Trinajstić information content (AvgIpc) is 2.68. The fraction of sp³-hybridized carbons (Fsp3) is 0.286. The first kappa shape index (κ1) is 12.4. The van der Waals surface area contributed by atoms with Crippen molar-refractivity contribution in [3.8, 4) is 0 Å². The van der Waals surface area contributed by atoms with Crippen LogP contribution in [0.15, 0.2) is 47.1 Å². The molecule has 3 heteroatoms. The molecule has 2 N–H and O–H groups in total. The van der Waals surface area contributed by atoms with Crippen LogP contribution in [0.3, 0.4) is 0 Å². The summed E-state index contributed by atoms with van der Waals surface area (Å²) >= 11 is 3.58. The third kappa shape index (κ3) is 3.20. The Bertz CT molecular complexity index is 488. The summed E-state index contributed by atoms with van der Waals surface area (Å²) in [5.41, 5.74) is 8.43. The highest BCUT2D eigenvalue weighted by molar-refractivity contribution is 9.10. The number of halogens is 1. The number of hydrogen-bond acceptors (Lipinski definition) is 1. The molecule has 0 saturated carbocycles. The Morgan fingerprint density at radius 3 is 2.71 bits per heavy atom. The molecular formula is C14H17BrN2. The average molecular weight is 293 g/mol. The first-order valence-corrected chi connectivity index (χ1v) is 6.59. The van der Waals surface area contributed by atoms with Crippen molar-refractivity contribution in [1.82, 2.24) is 4.57 Å². The number of hydrogen-bond donors (Lipinski definition) is 1. The maximum atomic E-state index is 5.85. The Morgan fingerprint density at radius 1 is 1.24 bits per heavy atom. The minimum atomic E-state index is 0.197. The van der Waals surface area contributed by atoms with E-state index in [0.717, 1.165) is 17.4 Å². The minimum Gasteiger partial charge on any atom is -0.347 e. The molecule has 0 bridgehead atoms. The third-order valence-electron chi connectivity index (χ3n) is 2.75. The Balaban J connectivity index is 2.19. The summed E-state index contributed by atoms with van der Waals surface area (Å²) in [5, 5.41) is 0. The second kappa shape index (κ2) is 5.52. The molecule has 0 saturated heterocycles. The Morgan fingerprint density at radius 2 is 2.00 bits per heavy atom. The van der Waals surface area contributed by atoms with Gasteiger partial charge < -0.3 is 10.3 Å². The Kier molecular flexibility index (Phi) is 4.02. The van der Waals surface area contributed by atoms with Crippen LogP contribution in [-0.4, -0.2) is 10.6 Å². The smallest absolute Gasteiger partial charge is 0.0484 e. The van der Waals surface area contributed by atoms with Crippen molar-refractivity contribution in [3.63, 3.8) is 0 Å². The quantitative estimate of drug-likeness (QED) is 0.922. The third-order valence-corrected chi connectivity index (χ3v) is 3.53. The fourth-order valence-corrected chi connectivity index (χ4v) is 2.34. The van der Waals surface area contributed by atoms with Crippen molar-refractivity contribution in [2.75, 3.05) is 0 Å². The molecule has 17 heavy (non-hydrogen) atoms. The topological polar surface area (TPSA) is 30.9 Å². The van der Waals surface area contributed by atoms with Gasteiger partial charge in [0.15, 0.2) is 0 Å². The molecule has 0 aliphatic rings. The van der Waals surface area contributed by atoms with E-state index in [1.807, 2.05) is 13.0 Å². The van der Waals surface area contributed by atoms with Crippen molar-refractivity contribution in [2.24, 2.45) is 5.73 Å². The SMILES string of the molecule is CC(N)Cc1cccn1Cc1ccccc1Br. The number of aromatic nitrogens is 1. The first-order valence-electron chi connectivity index (χ1n) is 5.80. The summed E-state index contributed by atoms with van der Waals surface area (Å²) in [4.78, 5) is 0. The Labute approximate surface area is 111 Å². The first-order chi connectivity index (χ1) is 8.16. The van der Waals surface area contributed by atoms with Crippen molar-refractivity contribution in [3.05, 3.63) is 58.3 Å². The molecule has 1 aromatic heterocycles. The van der Waals surface area contributed by atoms with Gasteiger partial charge in [0.2, 0.25) is 0 Å². The van der Waals surface area contributed by atoms with Crippen LogP contribution in [0, 0.1) is 0 Å². The summed E-state index contributed by atoms with van der Waals surface area (Å²) in [5.74, 6) is 0. The van der Waals surface area contributed by atoms with Gasteiger partial charge in [-0.2, -0.15) is 0 Å². The van der Waals surface area contributed by atoms with E-state index in [2.05, 4.69) is 57.0 Å². The second-order valence-corrected chi connectivity index (χ2v) is 5.25. The number of nitrogens with two attached hydrogens (primary N) is 1. The highest BCUT2D eigenvalue weighted by Crippen LogP contribution is 2.18. The lowest BCUT2D eigenvalue weighted by atomic mass is 10.2. The van der Waals surface area contributed by atoms with Gasteiger partial charge in [0, 0.05) is 35.4 Å². The molecule has 2 aromatic rings. The zero-order valence-electron chi connectivity index (χ0n) is 9.94. The van der Waals surface area contributed by atoms with Crippen molar-refractivity contribution >= 4 is 15.9 Å². The number of nitrogens with zero attached hydrogens (tertiary/aromatic N) is 1. The molecule has 90 valence electrons. The van der Waals surface area contributed by atoms with Gasteiger partial charge in [0.1, 0.15) is 0 Å². The molecule has 0 fully saturated rings. The predicted molar refractivity (Wildman–Crippen MR) is 75.0 cm³/mol. The maximum Gasteiger partial charge on any atom is 0.0484 e. The van der Waals surface area contributed by atoms with E-state index >= 15 is 0 Å². The van der Waals surface area contributed by atoms with Gasteiger partial charge in [-0.1, -0.05) is 34.1 Å². The van der Waals surface area contributed by atoms with E-state index in [4.69, 9.17) is 5.73 Å². The van der Waals surface area contributed by atoms with Crippen LogP contribution in [0.2, 0.25) is 0 Å². The van der Waals surface area contributed by atoms with Crippen molar-refractivity contribution in [1.29, 1.82) is 0 Å². The monoisotopic (exact) mass is 292 g/mol. The number of benzene rings is 1. The molecule has 1 heterocycles. The fourth-order valence-electron chi connectivity index (χ4n) is 1.93. The molecule has 0 amide bonds. The van der Waals surface area contributed by atoms with E-state index in [1.165, 1.54) is 11.3 Å². The van der Waals surface area contributed by atoms with Crippen LogP contribution < -0.4 is 5.73 Å². The van der Waals surface area contributed by atoms with Gasteiger partial charge in [-0.05, 0) is 30.7 Å². The summed E-state index contributed by atoms with van der Waals surface area (Å²) < 4.78 is 3.41. The van der Waals surface area contributed by atoms with Crippen LogP contribution >= 0.6 is 15.9 Å². The summed E-state index contributed by atoms with van der Waals surface area (Å²) in [6.45, 7) is 2.92. The van der Waals surface area contributed by atoms with Gasteiger partial charge in [-0.15, -0.1) is 0 Å². The molecule has 0 spiro atoms. The van der Waals surface area contributed by atoms with Crippen LogP contribution in [-0.2, 0) is 13.0 Å². The van der Waals surface area contributed by atoms with E-state index in [0.29, 0.717) is 0 Å². The highest BCUT2D eigenvalue weighted by atomic mass is 79.9. The lowest BCUT2D eigenvalue weighted by Crippen LogP contribution is -2.20. The van der Waals surface area contributed by atoms with Gasteiger partial charge in [-0.25, -0.2) is 0 Å². The number of rotatable bonds is 4. The maximum absolute atomic E-state index is 5.85. The molecule has 2 rings (SSSR count). The lowest BCUT2D eigenvalue weighted by molar-refractivity contribution is 0.665. The second-order valence-electron chi connectivity index (χ2n) is 4.40. The van der Waals surface area contributed by atoms with E-state index in [1.54, 1.807) is 0 Å². The predicted octanol–water partition coefficient (Wildman–Crippen LogP) is 3.19. The van der Waals surface area contributed by atoms with E-state index in [-0.39, 0.29) is 6.04 Å². The molecule has 0 radical (unpaired) electrons. The highest BCUT2D eigenvalue weighted by Gasteiger charge is 2.05. The molecule has 1 aromatic carbocycles. The van der Waals surface area contributed by atoms with Crippen molar-refractivity contribution in [2.45, 2.75) is 25.9 Å².